The van der Waals surface area contributed by atoms with Crippen LogP contribution in [0.5, 0.6) is 5.75 Å². The summed E-state index contributed by atoms with van der Waals surface area (Å²) in [6.45, 7) is 3.87. The first-order valence-electron chi connectivity index (χ1n) is 9.25. The number of carbonyl (C=O) groups excluding carboxylic acids is 1. The van der Waals surface area contributed by atoms with Crippen molar-refractivity contribution in [3.05, 3.63) is 75.8 Å². The molecule has 0 saturated carbocycles. The van der Waals surface area contributed by atoms with Gasteiger partial charge in [0.05, 0.1) is 10.6 Å². The summed E-state index contributed by atoms with van der Waals surface area (Å²) in [5, 5.41) is 3.80. The Morgan fingerprint density at radius 1 is 1.07 bits per heavy atom. The van der Waals surface area contributed by atoms with Gasteiger partial charge < -0.3 is 14.5 Å². The Morgan fingerprint density at radius 3 is 2.67 bits per heavy atom. The number of oxazole rings is 1. The molecule has 0 radical (unpaired) electrons. The number of carbonyl (C=O) groups is 1. The van der Waals surface area contributed by atoms with Crippen LogP contribution in [0.4, 0.5) is 5.69 Å². The zero-order valence-corrected chi connectivity index (χ0v) is 17.8. The summed E-state index contributed by atoms with van der Waals surface area (Å²) in [5.74, 6) is 0.805. The number of nitrogens with zero attached hydrogens (tertiary/aromatic N) is 1. The lowest BCUT2D eigenvalue weighted by Crippen LogP contribution is -2.20. The van der Waals surface area contributed by atoms with Gasteiger partial charge >= 0.3 is 0 Å². The van der Waals surface area contributed by atoms with Crippen LogP contribution in [0.15, 0.2) is 59.0 Å². The highest BCUT2D eigenvalue weighted by Crippen LogP contribution is 2.32. The van der Waals surface area contributed by atoms with Crippen molar-refractivity contribution in [1.82, 2.24) is 4.98 Å². The van der Waals surface area contributed by atoms with E-state index >= 15 is 0 Å². The summed E-state index contributed by atoms with van der Waals surface area (Å²) in [4.78, 5) is 16.8. The molecule has 0 fully saturated rings. The molecule has 0 unspecified atom stereocenters. The van der Waals surface area contributed by atoms with E-state index in [2.05, 4.69) is 10.3 Å². The molecule has 1 aromatic heterocycles. The zero-order valence-electron chi connectivity index (χ0n) is 16.3. The van der Waals surface area contributed by atoms with Gasteiger partial charge in [-0.15, -0.1) is 0 Å². The second kappa shape index (κ2) is 8.38. The number of hydrogen-bond donors (Lipinski definition) is 1. The SMILES string of the molecule is Cc1ccc(OCC(=O)Nc2ccc3oc(-c4ccc(Cl)cc4Cl)nc3c2)c(C)c1. The van der Waals surface area contributed by atoms with Crippen LogP contribution >= 0.6 is 23.2 Å². The van der Waals surface area contributed by atoms with Gasteiger partial charge in [-0.05, 0) is 61.9 Å². The number of hydrogen-bond acceptors (Lipinski definition) is 4. The fourth-order valence-corrected chi connectivity index (χ4v) is 3.57. The van der Waals surface area contributed by atoms with Crippen LogP contribution in [0.3, 0.4) is 0 Å². The van der Waals surface area contributed by atoms with E-state index < -0.39 is 0 Å². The van der Waals surface area contributed by atoms with Gasteiger partial charge in [0.1, 0.15) is 11.3 Å². The lowest BCUT2D eigenvalue weighted by Gasteiger charge is -2.10. The van der Waals surface area contributed by atoms with Gasteiger partial charge in [-0.2, -0.15) is 0 Å². The highest BCUT2D eigenvalue weighted by Gasteiger charge is 2.13. The molecule has 1 amide bonds. The predicted molar refractivity (Wildman–Crippen MR) is 120 cm³/mol. The molecule has 0 aliphatic rings. The molecule has 0 bridgehead atoms. The van der Waals surface area contributed by atoms with Crippen LogP contribution in [0.2, 0.25) is 10.0 Å². The van der Waals surface area contributed by atoms with Crippen LogP contribution in [0, 0.1) is 13.8 Å². The van der Waals surface area contributed by atoms with Crippen molar-refractivity contribution in [1.29, 1.82) is 0 Å². The smallest absolute Gasteiger partial charge is 0.262 e. The monoisotopic (exact) mass is 440 g/mol. The number of anilines is 1. The number of aryl methyl sites for hydroxylation is 2. The maximum atomic E-state index is 12.3. The maximum Gasteiger partial charge on any atom is 0.262 e. The Kier molecular flexibility index (Phi) is 5.66. The van der Waals surface area contributed by atoms with Crippen LogP contribution in [0.1, 0.15) is 11.1 Å². The van der Waals surface area contributed by atoms with Crippen LogP contribution in [-0.2, 0) is 4.79 Å². The fraction of sp³-hybridized carbons (Fsp3) is 0.130. The van der Waals surface area contributed by atoms with Crippen LogP contribution in [0.25, 0.3) is 22.6 Å². The van der Waals surface area contributed by atoms with E-state index in [-0.39, 0.29) is 12.5 Å². The average Bonchev–Trinajstić information content (AvgIpc) is 3.10. The molecular weight excluding hydrogens is 423 g/mol. The fourth-order valence-electron chi connectivity index (χ4n) is 3.08. The molecule has 0 aliphatic heterocycles. The Morgan fingerprint density at radius 2 is 1.90 bits per heavy atom. The second-order valence-electron chi connectivity index (χ2n) is 6.93. The quantitative estimate of drug-likeness (QED) is 0.387. The van der Waals surface area contributed by atoms with Crippen LogP contribution in [-0.4, -0.2) is 17.5 Å². The standard InChI is InChI=1S/C23H18Cl2N2O3/c1-13-3-7-20(14(2)9-13)29-12-22(28)26-16-5-8-21-19(11-16)27-23(30-21)17-6-4-15(24)10-18(17)25/h3-11H,12H2,1-2H3,(H,26,28). The maximum absolute atomic E-state index is 12.3. The van der Waals surface area contributed by atoms with Crippen LogP contribution < -0.4 is 10.1 Å². The summed E-state index contributed by atoms with van der Waals surface area (Å²) in [6.07, 6.45) is 0. The molecule has 4 rings (SSSR count). The molecule has 5 nitrogen and oxygen atoms in total. The average molecular weight is 441 g/mol. The summed E-state index contributed by atoms with van der Waals surface area (Å²) in [6, 6.07) is 16.2. The van der Waals surface area contributed by atoms with E-state index in [0.29, 0.717) is 44.0 Å². The van der Waals surface area contributed by atoms with Gasteiger partial charge in [-0.25, -0.2) is 4.98 Å². The molecule has 152 valence electrons. The first kappa shape index (κ1) is 20.3. The molecule has 0 saturated heterocycles. The molecular formula is C23H18Cl2N2O3. The molecule has 4 aromatic rings. The van der Waals surface area contributed by atoms with Gasteiger partial charge in [0, 0.05) is 10.7 Å². The molecule has 7 heteroatoms. The Balaban J connectivity index is 1.47. The number of fused-ring (bicyclic) bond motifs is 1. The van der Waals surface area contributed by atoms with Crippen molar-refractivity contribution in [3.63, 3.8) is 0 Å². The molecule has 1 heterocycles. The number of ether oxygens (including phenoxy) is 1. The Labute approximate surface area is 183 Å². The minimum atomic E-state index is -0.265. The Hall–Kier alpha value is -3.02. The summed E-state index contributed by atoms with van der Waals surface area (Å²) >= 11 is 12.2. The lowest BCUT2D eigenvalue weighted by atomic mass is 10.1. The number of halogens is 2. The highest BCUT2D eigenvalue weighted by atomic mass is 35.5. The van der Waals surface area contributed by atoms with Gasteiger partial charge in [0.15, 0.2) is 12.2 Å². The summed E-state index contributed by atoms with van der Waals surface area (Å²) in [5.41, 5.74) is 4.55. The molecule has 1 N–H and O–H groups in total. The second-order valence-corrected chi connectivity index (χ2v) is 7.78. The normalized spacial score (nSPS) is 10.9. The van der Waals surface area contributed by atoms with Crippen molar-refractivity contribution in [2.45, 2.75) is 13.8 Å². The number of rotatable bonds is 5. The van der Waals surface area contributed by atoms with E-state index in [1.165, 1.54) is 0 Å². The molecule has 0 atom stereocenters. The van der Waals surface area contributed by atoms with Crippen molar-refractivity contribution in [3.8, 4) is 17.2 Å². The minimum Gasteiger partial charge on any atom is -0.483 e. The first-order chi connectivity index (χ1) is 14.4. The summed E-state index contributed by atoms with van der Waals surface area (Å²) in [7, 11) is 0. The van der Waals surface area contributed by atoms with Gasteiger partial charge in [-0.1, -0.05) is 40.9 Å². The number of aromatic nitrogens is 1. The number of benzene rings is 3. The number of amides is 1. The van der Waals surface area contributed by atoms with E-state index in [1.807, 2.05) is 32.0 Å². The number of nitrogens with one attached hydrogen (secondary N) is 1. The largest absolute Gasteiger partial charge is 0.483 e. The molecule has 3 aromatic carbocycles. The summed E-state index contributed by atoms with van der Waals surface area (Å²) < 4.78 is 11.4. The topological polar surface area (TPSA) is 64.4 Å². The first-order valence-corrected chi connectivity index (χ1v) is 10.0. The van der Waals surface area contributed by atoms with Crippen molar-refractivity contribution >= 4 is 45.9 Å². The highest BCUT2D eigenvalue weighted by molar-refractivity contribution is 6.36. The molecule has 30 heavy (non-hydrogen) atoms. The van der Waals surface area contributed by atoms with E-state index in [4.69, 9.17) is 32.4 Å². The van der Waals surface area contributed by atoms with Crippen molar-refractivity contribution in [2.24, 2.45) is 0 Å². The minimum absolute atomic E-state index is 0.0909. The Bertz CT molecular complexity index is 1250. The third-order valence-electron chi connectivity index (χ3n) is 4.52. The van der Waals surface area contributed by atoms with Crippen molar-refractivity contribution < 1.29 is 13.9 Å². The third kappa shape index (κ3) is 4.42. The van der Waals surface area contributed by atoms with Gasteiger partial charge in [-0.3, -0.25) is 4.79 Å². The molecule has 0 spiro atoms. The van der Waals surface area contributed by atoms with E-state index in [0.717, 1.165) is 11.1 Å². The van der Waals surface area contributed by atoms with E-state index in [9.17, 15) is 4.79 Å². The lowest BCUT2D eigenvalue weighted by molar-refractivity contribution is -0.118. The van der Waals surface area contributed by atoms with Gasteiger partial charge in [0.2, 0.25) is 5.89 Å². The zero-order chi connectivity index (χ0) is 21.3. The van der Waals surface area contributed by atoms with Gasteiger partial charge in [0.25, 0.3) is 5.91 Å². The predicted octanol–water partition coefficient (Wildman–Crippen LogP) is 6.44. The van der Waals surface area contributed by atoms with Crippen molar-refractivity contribution in [2.75, 3.05) is 11.9 Å². The molecule has 0 aliphatic carbocycles. The van der Waals surface area contributed by atoms with E-state index in [1.54, 1.807) is 36.4 Å². The third-order valence-corrected chi connectivity index (χ3v) is 5.07.